The Bertz CT molecular complexity index is 480. The molecule has 6 heteroatoms. The molecule has 2 aliphatic heterocycles. The molecule has 1 saturated carbocycles. The van der Waals surface area contributed by atoms with E-state index < -0.39 is 0 Å². The zero-order valence-electron chi connectivity index (χ0n) is 10.7. The van der Waals surface area contributed by atoms with Gasteiger partial charge in [-0.2, -0.15) is 0 Å². The number of nitrogens with zero attached hydrogens (tertiary/aromatic N) is 2. The lowest BCUT2D eigenvalue weighted by Crippen LogP contribution is -2.49. The number of imide groups is 2. The molecule has 6 nitrogen and oxygen atoms in total. The highest BCUT2D eigenvalue weighted by molar-refractivity contribution is 6.14. The number of hydrogen-bond acceptors (Lipinski definition) is 4. The fourth-order valence-corrected chi connectivity index (χ4v) is 2.95. The first-order valence-electron chi connectivity index (χ1n) is 6.50. The first-order valence-corrected chi connectivity index (χ1v) is 6.50. The van der Waals surface area contributed by atoms with Gasteiger partial charge in [-0.25, -0.2) is 0 Å². The highest BCUT2D eigenvalue weighted by atomic mass is 16.2. The lowest BCUT2D eigenvalue weighted by atomic mass is 9.89. The molecule has 2 heterocycles. The minimum atomic E-state index is -0.328. The third-order valence-electron chi connectivity index (χ3n) is 3.84. The van der Waals surface area contributed by atoms with E-state index in [2.05, 4.69) is 0 Å². The van der Waals surface area contributed by atoms with Crippen molar-refractivity contribution in [3.8, 4) is 0 Å². The zero-order chi connectivity index (χ0) is 14.3. The molecule has 0 aromatic carbocycles. The smallest absolute Gasteiger partial charge is 0.253 e. The Kier molecular flexibility index (Phi) is 3.00. The van der Waals surface area contributed by atoms with Crippen molar-refractivity contribution in [3.05, 3.63) is 30.7 Å². The summed E-state index contributed by atoms with van der Waals surface area (Å²) < 4.78 is 0. The molecule has 0 spiro atoms. The van der Waals surface area contributed by atoms with Gasteiger partial charge in [0.25, 0.3) is 23.6 Å². The van der Waals surface area contributed by atoms with Crippen LogP contribution in [0.2, 0.25) is 0 Å². The highest BCUT2D eigenvalue weighted by Gasteiger charge is 2.39. The summed E-state index contributed by atoms with van der Waals surface area (Å²) in [6, 6.07) is -0.574. The van der Waals surface area contributed by atoms with Crippen LogP contribution in [0.3, 0.4) is 0 Å². The number of rotatable bonds is 2. The van der Waals surface area contributed by atoms with E-state index in [4.69, 9.17) is 0 Å². The fraction of sp³-hybridized carbons (Fsp3) is 0.357. The Morgan fingerprint density at radius 3 is 1.40 bits per heavy atom. The second-order valence-corrected chi connectivity index (χ2v) is 5.06. The van der Waals surface area contributed by atoms with Crippen molar-refractivity contribution in [1.29, 1.82) is 0 Å². The van der Waals surface area contributed by atoms with Gasteiger partial charge in [0.05, 0.1) is 0 Å². The van der Waals surface area contributed by atoms with Crippen molar-refractivity contribution in [1.82, 2.24) is 9.80 Å². The van der Waals surface area contributed by atoms with E-state index in [0.29, 0.717) is 19.3 Å². The topological polar surface area (TPSA) is 74.8 Å². The maximum Gasteiger partial charge on any atom is 0.253 e. The van der Waals surface area contributed by atoms with Gasteiger partial charge in [0.1, 0.15) is 0 Å². The number of carbonyl (C=O) groups is 4. The molecular weight excluding hydrogens is 260 g/mol. The van der Waals surface area contributed by atoms with Crippen LogP contribution in [-0.2, 0) is 19.2 Å². The van der Waals surface area contributed by atoms with E-state index in [0.717, 1.165) is 0 Å². The molecule has 2 atom stereocenters. The van der Waals surface area contributed by atoms with E-state index in [1.54, 1.807) is 0 Å². The molecule has 1 aliphatic carbocycles. The quantitative estimate of drug-likeness (QED) is 0.662. The van der Waals surface area contributed by atoms with Crippen LogP contribution in [0.1, 0.15) is 19.3 Å². The van der Waals surface area contributed by atoms with Gasteiger partial charge in [-0.15, -0.1) is 0 Å². The summed E-state index contributed by atoms with van der Waals surface area (Å²) >= 11 is 0. The molecule has 0 N–H and O–H groups in total. The predicted molar refractivity (Wildman–Crippen MR) is 67.7 cm³/mol. The van der Waals surface area contributed by atoms with Crippen LogP contribution in [0.25, 0.3) is 0 Å². The molecule has 103 valence electrons. The van der Waals surface area contributed by atoms with Crippen molar-refractivity contribution >= 4 is 23.6 Å². The molecular formula is C14H13N2O4. The first kappa shape index (κ1) is 12.8. The Hall–Kier alpha value is -2.24. The Morgan fingerprint density at radius 2 is 1.05 bits per heavy atom. The molecule has 0 aromatic rings. The van der Waals surface area contributed by atoms with Gasteiger partial charge >= 0.3 is 0 Å². The van der Waals surface area contributed by atoms with Gasteiger partial charge < -0.3 is 0 Å². The molecule has 3 aliphatic rings. The van der Waals surface area contributed by atoms with Crippen molar-refractivity contribution in [2.45, 2.75) is 31.3 Å². The van der Waals surface area contributed by atoms with E-state index in [-0.39, 0.29) is 35.7 Å². The Labute approximate surface area is 115 Å². The van der Waals surface area contributed by atoms with Crippen LogP contribution in [0.15, 0.2) is 24.3 Å². The second-order valence-electron chi connectivity index (χ2n) is 5.06. The van der Waals surface area contributed by atoms with E-state index >= 15 is 0 Å². The first-order chi connectivity index (χ1) is 9.58. The molecule has 3 rings (SSSR count). The van der Waals surface area contributed by atoms with Gasteiger partial charge in [0, 0.05) is 36.4 Å². The van der Waals surface area contributed by atoms with E-state index in [9.17, 15) is 19.2 Å². The van der Waals surface area contributed by atoms with Crippen LogP contribution in [0.5, 0.6) is 0 Å². The summed E-state index contributed by atoms with van der Waals surface area (Å²) in [6.45, 7) is 0. The number of carbonyl (C=O) groups excluding carboxylic acids is 4. The number of amides is 4. The van der Waals surface area contributed by atoms with Gasteiger partial charge in [-0.05, 0) is 25.7 Å². The third kappa shape index (κ3) is 1.97. The van der Waals surface area contributed by atoms with Gasteiger partial charge in [-0.1, -0.05) is 0 Å². The average Bonchev–Trinajstić information content (AvgIpc) is 2.93. The molecule has 1 radical (unpaired) electrons. The maximum atomic E-state index is 11.7. The summed E-state index contributed by atoms with van der Waals surface area (Å²) in [4.78, 5) is 49.2. The summed E-state index contributed by atoms with van der Waals surface area (Å²) in [7, 11) is 0. The monoisotopic (exact) mass is 273 g/mol. The Balaban J connectivity index is 1.74. The summed E-state index contributed by atoms with van der Waals surface area (Å²) in [5.41, 5.74) is 0. The minimum Gasteiger partial charge on any atom is -0.272 e. The summed E-state index contributed by atoms with van der Waals surface area (Å²) in [5.74, 6) is -1.31. The lowest BCUT2D eigenvalue weighted by Gasteiger charge is -2.37. The van der Waals surface area contributed by atoms with Crippen molar-refractivity contribution in [2.24, 2.45) is 0 Å². The van der Waals surface area contributed by atoms with E-state index in [1.807, 2.05) is 6.42 Å². The van der Waals surface area contributed by atoms with Gasteiger partial charge in [-0.3, -0.25) is 29.0 Å². The van der Waals surface area contributed by atoms with Crippen LogP contribution in [-0.4, -0.2) is 45.5 Å². The molecule has 20 heavy (non-hydrogen) atoms. The van der Waals surface area contributed by atoms with Crippen LogP contribution >= 0.6 is 0 Å². The van der Waals surface area contributed by atoms with E-state index in [1.165, 1.54) is 34.1 Å². The maximum absolute atomic E-state index is 11.7. The fourth-order valence-electron chi connectivity index (χ4n) is 2.95. The summed E-state index contributed by atoms with van der Waals surface area (Å²) in [6.07, 6.45) is 8.56. The molecule has 2 unspecified atom stereocenters. The zero-order valence-corrected chi connectivity index (χ0v) is 10.7. The largest absolute Gasteiger partial charge is 0.272 e. The average molecular weight is 273 g/mol. The van der Waals surface area contributed by atoms with Crippen LogP contribution in [0, 0.1) is 6.42 Å². The molecule has 0 aromatic heterocycles. The number of hydrogen-bond donors (Lipinski definition) is 0. The van der Waals surface area contributed by atoms with Crippen LogP contribution in [0.4, 0.5) is 0 Å². The molecule has 0 saturated heterocycles. The third-order valence-corrected chi connectivity index (χ3v) is 3.84. The highest BCUT2D eigenvalue weighted by Crippen LogP contribution is 2.29. The summed E-state index contributed by atoms with van der Waals surface area (Å²) in [5, 5.41) is 0. The van der Waals surface area contributed by atoms with Gasteiger partial charge in [0.2, 0.25) is 0 Å². The Morgan fingerprint density at radius 1 is 0.700 bits per heavy atom. The van der Waals surface area contributed by atoms with Crippen molar-refractivity contribution in [2.75, 3.05) is 0 Å². The normalized spacial score (nSPS) is 30.0. The van der Waals surface area contributed by atoms with Crippen LogP contribution < -0.4 is 0 Å². The standard InChI is InChI=1S/C14H13N2O4/c17-11-4-5-12(18)15(11)9-2-1-3-10(8-9)16-13(19)6-7-14(16)20/h1,4-7,9-10H,2-3,8H2. The molecule has 4 amide bonds. The predicted octanol–water partition coefficient (Wildman–Crippen LogP) is -0.0382. The molecule has 0 bridgehead atoms. The minimum absolute atomic E-state index is 0.287. The van der Waals surface area contributed by atoms with Crippen molar-refractivity contribution in [3.63, 3.8) is 0 Å². The van der Waals surface area contributed by atoms with Crippen molar-refractivity contribution < 1.29 is 19.2 Å². The van der Waals surface area contributed by atoms with Gasteiger partial charge in [0.15, 0.2) is 0 Å². The second kappa shape index (κ2) is 4.70. The lowest BCUT2D eigenvalue weighted by molar-refractivity contribution is -0.141. The molecule has 1 fully saturated rings. The SMILES string of the molecule is O=C1C=CC(=O)N1C1C[CH]CC(N2C(=O)C=CC2=O)C1.